The van der Waals surface area contributed by atoms with Gasteiger partial charge in [0.05, 0.1) is 5.41 Å². The molecule has 1 fully saturated rings. The van der Waals surface area contributed by atoms with Crippen molar-refractivity contribution < 1.29 is 14.1 Å². The highest BCUT2D eigenvalue weighted by molar-refractivity contribution is 5.85. The third-order valence-corrected chi connectivity index (χ3v) is 5.66. The van der Waals surface area contributed by atoms with Crippen LogP contribution >= 0.6 is 0 Å². The lowest BCUT2D eigenvalue weighted by molar-refractivity contribution is -0.148. The van der Waals surface area contributed by atoms with Gasteiger partial charge in [-0.25, -0.2) is 0 Å². The molecule has 1 aromatic heterocycles. The van der Waals surface area contributed by atoms with E-state index in [2.05, 4.69) is 5.16 Å². The summed E-state index contributed by atoms with van der Waals surface area (Å²) in [6.45, 7) is 6.96. The minimum absolute atomic E-state index is 0.0343. The molecule has 29 heavy (non-hydrogen) atoms. The molecule has 1 aliphatic heterocycles. The van der Waals surface area contributed by atoms with Crippen molar-refractivity contribution in [2.75, 3.05) is 27.2 Å². The van der Waals surface area contributed by atoms with E-state index in [1.54, 1.807) is 19.0 Å². The van der Waals surface area contributed by atoms with Crippen molar-refractivity contribution in [1.82, 2.24) is 15.0 Å². The van der Waals surface area contributed by atoms with Crippen LogP contribution in [-0.2, 0) is 16.0 Å². The Bertz CT molecular complexity index is 870. The van der Waals surface area contributed by atoms with Crippen LogP contribution in [0.4, 0.5) is 0 Å². The van der Waals surface area contributed by atoms with Gasteiger partial charge in [0.25, 0.3) is 0 Å². The number of hydrogen-bond donors (Lipinski definition) is 0. The molecule has 1 aliphatic rings. The number of rotatable bonds is 5. The highest BCUT2D eigenvalue weighted by atomic mass is 16.5. The number of likely N-dealkylation sites (tertiary alicyclic amines) is 1. The molecule has 2 heterocycles. The molecule has 2 aromatic rings. The highest BCUT2D eigenvalue weighted by Crippen LogP contribution is 2.37. The molecule has 0 saturated carbocycles. The molecule has 0 spiro atoms. The zero-order chi connectivity index (χ0) is 21.2. The van der Waals surface area contributed by atoms with Crippen LogP contribution in [0.25, 0.3) is 11.3 Å². The third kappa shape index (κ3) is 4.52. The molecule has 1 aromatic carbocycles. The van der Waals surface area contributed by atoms with E-state index in [1.807, 2.05) is 56.0 Å². The molecule has 156 valence electrons. The van der Waals surface area contributed by atoms with Crippen molar-refractivity contribution in [1.29, 1.82) is 0 Å². The number of piperidine rings is 1. The van der Waals surface area contributed by atoms with Gasteiger partial charge < -0.3 is 14.3 Å². The van der Waals surface area contributed by atoms with Crippen molar-refractivity contribution in [2.24, 2.45) is 11.3 Å². The summed E-state index contributed by atoms with van der Waals surface area (Å²) in [5.74, 6) is 0.721. The van der Waals surface area contributed by atoms with E-state index in [0.29, 0.717) is 25.3 Å². The SMILES string of the molecule is Cc1ccc(-c2cc(C[C@]3(C(=O)N(C)C)CCCN(C(=O)C(C)C)C3)on2)cc1. The molecule has 3 rings (SSSR count). The minimum atomic E-state index is -0.684. The average molecular weight is 398 g/mol. The quantitative estimate of drug-likeness (QED) is 0.774. The lowest BCUT2D eigenvalue weighted by Crippen LogP contribution is -2.54. The van der Waals surface area contributed by atoms with Gasteiger partial charge >= 0.3 is 0 Å². The van der Waals surface area contributed by atoms with E-state index in [9.17, 15) is 9.59 Å². The zero-order valence-electron chi connectivity index (χ0n) is 18.1. The van der Waals surface area contributed by atoms with Crippen molar-refractivity contribution in [3.05, 3.63) is 41.7 Å². The number of carbonyl (C=O) groups excluding carboxylic acids is 2. The Morgan fingerprint density at radius 3 is 2.55 bits per heavy atom. The van der Waals surface area contributed by atoms with Crippen LogP contribution in [0.5, 0.6) is 0 Å². The van der Waals surface area contributed by atoms with Crippen molar-refractivity contribution >= 4 is 11.8 Å². The summed E-state index contributed by atoms with van der Waals surface area (Å²) >= 11 is 0. The Labute approximate surface area is 172 Å². The molecular formula is C23H31N3O3. The van der Waals surface area contributed by atoms with Gasteiger partial charge in [-0.15, -0.1) is 0 Å². The van der Waals surface area contributed by atoms with Gasteiger partial charge in [-0.2, -0.15) is 0 Å². The fourth-order valence-corrected chi connectivity index (χ4v) is 4.14. The van der Waals surface area contributed by atoms with Crippen molar-refractivity contribution in [2.45, 2.75) is 40.0 Å². The number of nitrogens with zero attached hydrogens (tertiary/aromatic N) is 3. The molecule has 0 aliphatic carbocycles. The summed E-state index contributed by atoms with van der Waals surface area (Å²) in [5, 5.41) is 4.22. The first-order valence-electron chi connectivity index (χ1n) is 10.2. The van der Waals surface area contributed by atoms with Gasteiger partial charge in [0, 0.05) is 51.2 Å². The molecule has 0 unspecified atom stereocenters. The summed E-state index contributed by atoms with van der Waals surface area (Å²) in [6, 6.07) is 10.0. The minimum Gasteiger partial charge on any atom is -0.361 e. The predicted molar refractivity (Wildman–Crippen MR) is 112 cm³/mol. The monoisotopic (exact) mass is 397 g/mol. The van der Waals surface area contributed by atoms with Crippen LogP contribution < -0.4 is 0 Å². The summed E-state index contributed by atoms with van der Waals surface area (Å²) in [4.78, 5) is 29.3. The predicted octanol–water partition coefficient (Wildman–Crippen LogP) is 3.55. The van der Waals surface area contributed by atoms with Crippen LogP contribution in [0.2, 0.25) is 0 Å². The first-order chi connectivity index (χ1) is 13.7. The second kappa shape index (κ2) is 8.39. The summed E-state index contributed by atoms with van der Waals surface area (Å²) in [5.41, 5.74) is 2.25. The van der Waals surface area contributed by atoms with E-state index >= 15 is 0 Å². The van der Waals surface area contributed by atoms with Gasteiger partial charge in [-0.3, -0.25) is 9.59 Å². The van der Waals surface area contributed by atoms with Crippen molar-refractivity contribution in [3.63, 3.8) is 0 Å². The highest BCUT2D eigenvalue weighted by Gasteiger charge is 2.45. The van der Waals surface area contributed by atoms with Gasteiger partial charge in [-0.05, 0) is 19.8 Å². The third-order valence-electron chi connectivity index (χ3n) is 5.66. The molecule has 0 N–H and O–H groups in total. The van der Waals surface area contributed by atoms with Crippen LogP contribution in [0.15, 0.2) is 34.9 Å². The molecule has 6 nitrogen and oxygen atoms in total. The smallest absolute Gasteiger partial charge is 0.230 e. The molecule has 1 saturated heterocycles. The average Bonchev–Trinajstić information content (AvgIpc) is 3.15. The maximum Gasteiger partial charge on any atom is 0.230 e. The van der Waals surface area contributed by atoms with E-state index in [-0.39, 0.29) is 17.7 Å². The maximum absolute atomic E-state index is 13.2. The van der Waals surface area contributed by atoms with E-state index in [4.69, 9.17) is 4.52 Å². The summed E-state index contributed by atoms with van der Waals surface area (Å²) in [7, 11) is 3.54. The first-order valence-corrected chi connectivity index (χ1v) is 10.2. The topological polar surface area (TPSA) is 66.7 Å². The Kier molecular flexibility index (Phi) is 6.10. The van der Waals surface area contributed by atoms with Crippen LogP contribution in [0.1, 0.15) is 38.0 Å². The number of benzene rings is 1. The maximum atomic E-state index is 13.2. The molecule has 0 radical (unpaired) electrons. The number of aryl methyl sites for hydroxylation is 1. The molecule has 6 heteroatoms. The molecule has 0 bridgehead atoms. The number of carbonyl (C=O) groups is 2. The van der Waals surface area contributed by atoms with E-state index in [1.165, 1.54) is 5.56 Å². The fourth-order valence-electron chi connectivity index (χ4n) is 4.14. The summed E-state index contributed by atoms with van der Waals surface area (Å²) < 4.78 is 5.63. The Balaban J connectivity index is 1.87. The second-order valence-electron chi connectivity index (χ2n) is 8.72. The number of aromatic nitrogens is 1. The lowest BCUT2D eigenvalue weighted by Gasteiger charge is -2.43. The molecule has 1 atom stereocenters. The van der Waals surface area contributed by atoms with Crippen molar-refractivity contribution in [3.8, 4) is 11.3 Å². The fraction of sp³-hybridized carbons (Fsp3) is 0.522. The number of amides is 2. The van der Waals surface area contributed by atoms with Gasteiger partial charge in [0.1, 0.15) is 11.5 Å². The largest absolute Gasteiger partial charge is 0.361 e. The first kappa shape index (κ1) is 21.1. The van der Waals surface area contributed by atoms with Gasteiger partial charge in [0.2, 0.25) is 11.8 Å². The Hall–Kier alpha value is -2.63. The van der Waals surface area contributed by atoms with Gasteiger partial charge in [-0.1, -0.05) is 48.8 Å². The standard InChI is InChI=1S/C23H31N3O3/c1-16(2)21(27)26-12-6-11-23(15-26,22(28)25(4)5)14-19-13-20(24-29-19)18-9-7-17(3)8-10-18/h7-10,13,16H,6,11-12,14-15H2,1-5H3/t23-/m1/s1. The normalized spacial score (nSPS) is 19.4. The Morgan fingerprint density at radius 2 is 1.93 bits per heavy atom. The van der Waals surface area contributed by atoms with Crippen LogP contribution in [0, 0.1) is 18.3 Å². The lowest BCUT2D eigenvalue weighted by atomic mass is 9.75. The Morgan fingerprint density at radius 1 is 1.24 bits per heavy atom. The van der Waals surface area contributed by atoms with Crippen LogP contribution in [-0.4, -0.2) is 54.0 Å². The van der Waals surface area contributed by atoms with Crippen LogP contribution in [0.3, 0.4) is 0 Å². The summed E-state index contributed by atoms with van der Waals surface area (Å²) in [6.07, 6.45) is 1.97. The molecular weight excluding hydrogens is 366 g/mol. The number of hydrogen-bond acceptors (Lipinski definition) is 4. The van der Waals surface area contributed by atoms with E-state index in [0.717, 1.165) is 24.1 Å². The van der Waals surface area contributed by atoms with Gasteiger partial charge in [0.15, 0.2) is 0 Å². The molecule has 2 amide bonds. The zero-order valence-corrected chi connectivity index (χ0v) is 18.1. The second-order valence-corrected chi connectivity index (χ2v) is 8.72. The van der Waals surface area contributed by atoms with E-state index < -0.39 is 5.41 Å².